The van der Waals surface area contributed by atoms with E-state index in [-0.39, 0.29) is 24.3 Å². The first-order valence-electron chi connectivity index (χ1n) is 9.27. The average molecular weight is 326 g/mol. The van der Waals surface area contributed by atoms with Crippen LogP contribution in [-0.2, 0) is 4.74 Å². The van der Waals surface area contributed by atoms with Crippen molar-refractivity contribution in [2.24, 2.45) is 0 Å². The van der Waals surface area contributed by atoms with E-state index in [4.69, 9.17) is 4.74 Å². The van der Waals surface area contributed by atoms with Crippen LogP contribution in [0.15, 0.2) is 0 Å². The molecular weight excluding hydrogens is 292 g/mol. The summed E-state index contributed by atoms with van der Waals surface area (Å²) in [6.07, 6.45) is 9.12. The second kappa shape index (κ2) is 8.34. The third-order valence-electron chi connectivity index (χ3n) is 4.88. The minimum absolute atomic E-state index is 0.199. The molecule has 1 amide bonds. The molecule has 23 heavy (non-hydrogen) atoms. The van der Waals surface area contributed by atoms with Gasteiger partial charge < -0.3 is 20.5 Å². The van der Waals surface area contributed by atoms with Gasteiger partial charge >= 0.3 is 6.09 Å². The molecule has 134 valence electrons. The number of aliphatic hydroxyl groups is 1. The first-order valence-corrected chi connectivity index (χ1v) is 9.27. The van der Waals surface area contributed by atoms with Crippen LogP contribution in [0.3, 0.4) is 0 Å². The summed E-state index contributed by atoms with van der Waals surface area (Å²) in [7, 11) is 0. The zero-order chi connectivity index (χ0) is 16.9. The van der Waals surface area contributed by atoms with Gasteiger partial charge in [-0.2, -0.15) is 0 Å². The minimum Gasteiger partial charge on any atom is -0.444 e. The van der Waals surface area contributed by atoms with Gasteiger partial charge in [-0.3, -0.25) is 0 Å². The van der Waals surface area contributed by atoms with Gasteiger partial charge in [0.05, 0.1) is 6.10 Å². The summed E-state index contributed by atoms with van der Waals surface area (Å²) in [4.78, 5) is 11.8. The molecular formula is C18H34N2O3. The second-order valence-corrected chi connectivity index (χ2v) is 8.17. The molecule has 0 aromatic rings. The molecule has 3 N–H and O–H groups in total. The van der Waals surface area contributed by atoms with Crippen molar-refractivity contribution in [3.63, 3.8) is 0 Å². The van der Waals surface area contributed by atoms with Gasteiger partial charge in [0.1, 0.15) is 5.60 Å². The van der Waals surface area contributed by atoms with E-state index < -0.39 is 5.60 Å². The van der Waals surface area contributed by atoms with Crippen LogP contribution in [0.1, 0.15) is 78.6 Å². The molecule has 2 fully saturated rings. The van der Waals surface area contributed by atoms with Gasteiger partial charge in [-0.15, -0.1) is 0 Å². The summed E-state index contributed by atoms with van der Waals surface area (Å²) < 4.78 is 5.32. The zero-order valence-corrected chi connectivity index (χ0v) is 14.9. The summed E-state index contributed by atoms with van der Waals surface area (Å²) in [6.45, 7) is 5.64. The molecule has 2 rings (SSSR count). The molecule has 2 aliphatic carbocycles. The van der Waals surface area contributed by atoms with Gasteiger partial charge in [0.25, 0.3) is 0 Å². The quantitative estimate of drug-likeness (QED) is 0.697. The SMILES string of the molecule is CC(C)(C)OC(=O)NC1CCC(NC2CCCCCC2O)CC1. The van der Waals surface area contributed by atoms with E-state index in [1.165, 1.54) is 12.8 Å². The summed E-state index contributed by atoms with van der Waals surface area (Å²) in [5.74, 6) is 0. The Balaban J connectivity index is 1.70. The standard InChI is InChI=1S/C18H34N2O3/c1-18(2,3)23-17(22)20-14-11-9-13(10-12-14)19-15-7-5-4-6-8-16(15)21/h13-16,19,21H,4-12H2,1-3H3,(H,20,22). The molecule has 5 heteroatoms. The highest BCUT2D eigenvalue weighted by Crippen LogP contribution is 2.23. The summed E-state index contributed by atoms with van der Waals surface area (Å²) in [5, 5.41) is 16.9. The minimum atomic E-state index is -0.446. The predicted molar refractivity (Wildman–Crippen MR) is 91.4 cm³/mol. The first kappa shape index (κ1) is 18.5. The number of carbonyl (C=O) groups is 1. The highest BCUT2D eigenvalue weighted by molar-refractivity contribution is 5.68. The lowest BCUT2D eigenvalue weighted by Crippen LogP contribution is -2.49. The number of hydrogen-bond acceptors (Lipinski definition) is 4. The van der Waals surface area contributed by atoms with E-state index in [0.29, 0.717) is 6.04 Å². The summed E-state index contributed by atoms with van der Waals surface area (Å²) >= 11 is 0. The fraction of sp³-hybridized carbons (Fsp3) is 0.944. The third kappa shape index (κ3) is 6.68. The number of ether oxygens (including phenoxy) is 1. The number of amides is 1. The highest BCUT2D eigenvalue weighted by Gasteiger charge is 2.28. The Hall–Kier alpha value is -0.810. The van der Waals surface area contributed by atoms with Gasteiger partial charge in [-0.25, -0.2) is 4.79 Å². The molecule has 0 aliphatic heterocycles. The van der Waals surface area contributed by atoms with Crippen molar-refractivity contribution in [1.82, 2.24) is 10.6 Å². The Morgan fingerprint density at radius 1 is 0.957 bits per heavy atom. The Bertz CT molecular complexity index is 373. The van der Waals surface area contributed by atoms with Gasteiger partial charge in [0, 0.05) is 18.1 Å². The van der Waals surface area contributed by atoms with Crippen LogP contribution >= 0.6 is 0 Å². The molecule has 5 nitrogen and oxygen atoms in total. The van der Waals surface area contributed by atoms with E-state index in [9.17, 15) is 9.90 Å². The van der Waals surface area contributed by atoms with Crippen LogP contribution in [0.5, 0.6) is 0 Å². The van der Waals surface area contributed by atoms with E-state index in [2.05, 4.69) is 10.6 Å². The van der Waals surface area contributed by atoms with Crippen molar-refractivity contribution in [2.45, 2.75) is 108 Å². The lowest BCUT2D eigenvalue weighted by Gasteiger charge is -2.34. The van der Waals surface area contributed by atoms with Crippen molar-refractivity contribution in [3.05, 3.63) is 0 Å². The lowest BCUT2D eigenvalue weighted by atomic mass is 9.90. The number of carbonyl (C=O) groups excluding carboxylic acids is 1. The van der Waals surface area contributed by atoms with Crippen LogP contribution in [0, 0.1) is 0 Å². The van der Waals surface area contributed by atoms with Gasteiger partial charge in [-0.05, 0) is 59.3 Å². The van der Waals surface area contributed by atoms with Gasteiger partial charge in [0.2, 0.25) is 0 Å². The maximum Gasteiger partial charge on any atom is 0.407 e. The van der Waals surface area contributed by atoms with E-state index in [0.717, 1.165) is 44.9 Å². The molecule has 0 bridgehead atoms. The third-order valence-corrected chi connectivity index (χ3v) is 4.88. The van der Waals surface area contributed by atoms with Crippen LogP contribution < -0.4 is 10.6 Å². The number of nitrogens with one attached hydrogen (secondary N) is 2. The molecule has 0 radical (unpaired) electrons. The lowest BCUT2D eigenvalue weighted by molar-refractivity contribution is 0.0487. The molecule has 0 aromatic heterocycles. The predicted octanol–water partition coefficient (Wildman–Crippen LogP) is 3.11. The average Bonchev–Trinajstić information content (AvgIpc) is 2.64. The molecule has 2 unspecified atom stereocenters. The topological polar surface area (TPSA) is 70.6 Å². The van der Waals surface area contributed by atoms with Crippen molar-refractivity contribution in [2.75, 3.05) is 0 Å². The Morgan fingerprint density at radius 3 is 2.22 bits per heavy atom. The van der Waals surface area contributed by atoms with Crippen LogP contribution in [-0.4, -0.2) is 41.0 Å². The van der Waals surface area contributed by atoms with Gasteiger partial charge in [-0.1, -0.05) is 19.3 Å². The van der Waals surface area contributed by atoms with E-state index in [1.54, 1.807) is 0 Å². The van der Waals surface area contributed by atoms with Crippen molar-refractivity contribution in [3.8, 4) is 0 Å². The van der Waals surface area contributed by atoms with Crippen molar-refractivity contribution >= 4 is 6.09 Å². The van der Waals surface area contributed by atoms with Crippen LogP contribution in [0.4, 0.5) is 4.79 Å². The number of aliphatic hydroxyl groups excluding tert-OH is 1. The smallest absolute Gasteiger partial charge is 0.407 e. The summed E-state index contributed by atoms with van der Waals surface area (Å²) in [6, 6.07) is 0.921. The fourth-order valence-corrected chi connectivity index (χ4v) is 3.66. The normalized spacial score (nSPS) is 32.9. The van der Waals surface area contributed by atoms with Crippen molar-refractivity contribution < 1.29 is 14.6 Å². The second-order valence-electron chi connectivity index (χ2n) is 8.17. The van der Waals surface area contributed by atoms with Crippen molar-refractivity contribution in [1.29, 1.82) is 0 Å². The molecule has 2 atom stereocenters. The Kier molecular flexibility index (Phi) is 6.72. The van der Waals surface area contributed by atoms with Gasteiger partial charge in [0.15, 0.2) is 0 Å². The fourth-order valence-electron chi connectivity index (χ4n) is 3.66. The van der Waals surface area contributed by atoms with E-state index >= 15 is 0 Å². The number of rotatable bonds is 3. The monoisotopic (exact) mass is 326 g/mol. The Labute approximate surface area is 140 Å². The molecule has 0 aromatic carbocycles. The Morgan fingerprint density at radius 2 is 1.57 bits per heavy atom. The largest absolute Gasteiger partial charge is 0.444 e. The molecule has 0 saturated heterocycles. The molecule has 2 saturated carbocycles. The molecule has 0 spiro atoms. The zero-order valence-electron chi connectivity index (χ0n) is 14.9. The van der Waals surface area contributed by atoms with Crippen LogP contribution in [0.2, 0.25) is 0 Å². The highest BCUT2D eigenvalue weighted by atomic mass is 16.6. The maximum absolute atomic E-state index is 11.8. The first-order chi connectivity index (χ1) is 10.8. The van der Waals surface area contributed by atoms with E-state index in [1.807, 2.05) is 20.8 Å². The maximum atomic E-state index is 11.8. The number of alkyl carbamates (subject to hydrolysis) is 1. The molecule has 2 aliphatic rings. The van der Waals surface area contributed by atoms with Crippen LogP contribution in [0.25, 0.3) is 0 Å². The number of hydrogen-bond donors (Lipinski definition) is 3. The summed E-state index contributed by atoms with van der Waals surface area (Å²) in [5.41, 5.74) is -0.446. The molecule has 0 heterocycles.